The molecule has 3 nitrogen and oxygen atoms in total. The summed E-state index contributed by atoms with van der Waals surface area (Å²) < 4.78 is 11.4. The van der Waals surface area contributed by atoms with Gasteiger partial charge < -0.3 is 14.8 Å². The molecule has 1 atom stereocenters. The Morgan fingerprint density at radius 3 is 2.56 bits per heavy atom. The van der Waals surface area contributed by atoms with E-state index in [9.17, 15) is 0 Å². The molecule has 98 valence electrons. The van der Waals surface area contributed by atoms with Gasteiger partial charge in [0.05, 0.1) is 31.3 Å². The van der Waals surface area contributed by atoms with E-state index in [1.807, 2.05) is 0 Å². The van der Waals surface area contributed by atoms with Crippen molar-refractivity contribution in [3.8, 4) is 0 Å². The van der Waals surface area contributed by atoms with Gasteiger partial charge in [-0.15, -0.1) is 11.8 Å². The maximum atomic E-state index is 5.95. The minimum absolute atomic E-state index is 0.0599. The lowest BCUT2D eigenvalue weighted by Crippen LogP contribution is -2.61. The van der Waals surface area contributed by atoms with Crippen molar-refractivity contribution < 1.29 is 9.47 Å². The first-order chi connectivity index (χ1) is 8.85. The molecular formula is C14H19NO2S. The average molecular weight is 265 g/mol. The van der Waals surface area contributed by atoms with Gasteiger partial charge >= 0.3 is 0 Å². The van der Waals surface area contributed by atoms with E-state index in [4.69, 9.17) is 9.47 Å². The smallest absolute Gasteiger partial charge is 0.0841 e. The number of benzene rings is 1. The monoisotopic (exact) mass is 265 g/mol. The summed E-state index contributed by atoms with van der Waals surface area (Å²) in [5.74, 6) is 0. The van der Waals surface area contributed by atoms with Gasteiger partial charge in [-0.2, -0.15) is 0 Å². The summed E-state index contributed by atoms with van der Waals surface area (Å²) in [7, 11) is 0. The van der Waals surface area contributed by atoms with Crippen LogP contribution in [0.4, 0.5) is 0 Å². The Kier molecular flexibility index (Phi) is 3.61. The first-order valence-corrected chi connectivity index (χ1v) is 7.62. The van der Waals surface area contributed by atoms with Crippen LogP contribution in [0.3, 0.4) is 0 Å². The van der Waals surface area contributed by atoms with E-state index in [1.54, 1.807) is 11.8 Å². The Labute approximate surface area is 112 Å². The van der Waals surface area contributed by atoms with Crippen molar-refractivity contribution in [3.63, 3.8) is 0 Å². The summed E-state index contributed by atoms with van der Waals surface area (Å²) in [6.45, 7) is 4.23. The summed E-state index contributed by atoms with van der Waals surface area (Å²) in [6.07, 6.45) is 2.34. The molecule has 18 heavy (non-hydrogen) atoms. The van der Waals surface area contributed by atoms with Gasteiger partial charge in [0, 0.05) is 18.0 Å². The second-order valence-corrected chi connectivity index (χ2v) is 5.82. The molecule has 1 N–H and O–H groups in total. The molecule has 2 fully saturated rings. The van der Waals surface area contributed by atoms with E-state index in [-0.39, 0.29) is 11.5 Å². The van der Waals surface area contributed by atoms with Gasteiger partial charge in [-0.3, -0.25) is 0 Å². The maximum Gasteiger partial charge on any atom is 0.0841 e. The predicted molar refractivity (Wildman–Crippen MR) is 73.3 cm³/mol. The molecule has 2 aliphatic rings. The Morgan fingerprint density at radius 2 is 2.06 bits per heavy atom. The van der Waals surface area contributed by atoms with E-state index in [0.717, 1.165) is 32.9 Å². The summed E-state index contributed by atoms with van der Waals surface area (Å²) in [6, 6.07) is 8.84. The number of nitrogens with one attached hydrogen (secondary N) is 1. The molecule has 0 bridgehead atoms. The molecule has 0 saturated carbocycles. The molecule has 1 aromatic rings. The summed E-state index contributed by atoms with van der Waals surface area (Å²) in [5, 5.41) is 3.42. The van der Waals surface area contributed by atoms with Crippen molar-refractivity contribution in [1.82, 2.24) is 5.32 Å². The zero-order chi connectivity index (χ0) is 12.4. The molecule has 0 aromatic heterocycles. The zero-order valence-corrected chi connectivity index (χ0v) is 11.5. The third-order valence-corrected chi connectivity index (χ3v) is 4.67. The van der Waals surface area contributed by atoms with Gasteiger partial charge in [0.15, 0.2) is 0 Å². The summed E-state index contributed by atoms with van der Waals surface area (Å²) in [5.41, 5.74) is 1.41. The topological polar surface area (TPSA) is 30.5 Å². The van der Waals surface area contributed by atoms with Gasteiger partial charge in [0.1, 0.15) is 0 Å². The highest BCUT2D eigenvalue weighted by Gasteiger charge is 2.48. The fourth-order valence-corrected chi connectivity index (χ4v) is 3.11. The van der Waals surface area contributed by atoms with E-state index >= 15 is 0 Å². The van der Waals surface area contributed by atoms with Crippen LogP contribution in [0.1, 0.15) is 5.56 Å². The third kappa shape index (κ3) is 2.07. The largest absolute Gasteiger partial charge is 0.379 e. The standard InChI is InChI=1S/C14H19NO2S/c1-18-12-4-2-11(3-5-12)14(9-16-10-14)13-8-15-6-7-17-13/h2-5,13,15H,6-10H2,1H3. The molecule has 0 aliphatic carbocycles. The summed E-state index contributed by atoms with van der Waals surface area (Å²) >= 11 is 1.77. The fraction of sp³-hybridized carbons (Fsp3) is 0.571. The van der Waals surface area contributed by atoms with Crippen LogP contribution in [0.2, 0.25) is 0 Å². The van der Waals surface area contributed by atoms with Crippen LogP contribution in [0, 0.1) is 0 Å². The number of morpholine rings is 1. The van der Waals surface area contributed by atoms with Crippen LogP contribution in [0.25, 0.3) is 0 Å². The first kappa shape index (κ1) is 12.5. The van der Waals surface area contributed by atoms with E-state index in [1.165, 1.54) is 10.5 Å². The predicted octanol–water partition coefficient (Wildman–Crippen LogP) is 1.66. The van der Waals surface area contributed by atoms with Crippen LogP contribution in [0.15, 0.2) is 29.2 Å². The second-order valence-electron chi connectivity index (χ2n) is 4.94. The van der Waals surface area contributed by atoms with Crippen molar-refractivity contribution in [2.75, 3.05) is 39.2 Å². The lowest BCUT2D eigenvalue weighted by Gasteiger charge is -2.48. The molecule has 3 rings (SSSR count). The number of ether oxygens (including phenoxy) is 2. The normalized spacial score (nSPS) is 26.6. The molecule has 1 aromatic carbocycles. The molecule has 2 aliphatic heterocycles. The van der Waals surface area contributed by atoms with Crippen LogP contribution in [-0.2, 0) is 14.9 Å². The molecular weight excluding hydrogens is 246 g/mol. The average Bonchev–Trinajstić information content (AvgIpc) is 2.40. The highest BCUT2D eigenvalue weighted by molar-refractivity contribution is 7.98. The molecule has 0 radical (unpaired) electrons. The Hall–Kier alpha value is -0.550. The van der Waals surface area contributed by atoms with Crippen molar-refractivity contribution in [2.24, 2.45) is 0 Å². The third-order valence-electron chi connectivity index (χ3n) is 3.93. The molecule has 2 heterocycles. The highest BCUT2D eigenvalue weighted by atomic mass is 32.2. The van der Waals surface area contributed by atoms with Gasteiger partial charge in [-0.1, -0.05) is 12.1 Å². The SMILES string of the molecule is CSc1ccc(C2(C3CNCCO3)COC2)cc1. The lowest BCUT2D eigenvalue weighted by atomic mass is 9.73. The first-order valence-electron chi connectivity index (χ1n) is 6.40. The van der Waals surface area contributed by atoms with Gasteiger partial charge in [0.25, 0.3) is 0 Å². The van der Waals surface area contributed by atoms with Crippen molar-refractivity contribution in [1.29, 1.82) is 0 Å². The minimum Gasteiger partial charge on any atom is -0.379 e. The minimum atomic E-state index is 0.0599. The van der Waals surface area contributed by atoms with Gasteiger partial charge in [0.2, 0.25) is 0 Å². The second kappa shape index (κ2) is 5.21. The lowest BCUT2D eigenvalue weighted by molar-refractivity contribution is -0.146. The van der Waals surface area contributed by atoms with E-state index in [2.05, 4.69) is 35.8 Å². The van der Waals surface area contributed by atoms with Crippen molar-refractivity contribution in [3.05, 3.63) is 29.8 Å². The van der Waals surface area contributed by atoms with Crippen LogP contribution < -0.4 is 5.32 Å². The number of hydrogen-bond donors (Lipinski definition) is 1. The van der Waals surface area contributed by atoms with Crippen LogP contribution >= 0.6 is 11.8 Å². The Morgan fingerprint density at radius 1 is 1.28 bits per heavy atom. The number of rotatable bonds is 3. The fourth-order valence-electron chi connectivity index (χ4n) is 2.70. The Balaban J connectivity index is 1.85. The van der Waals surface area contributed by atoms with Crippen LogP contribution in [-0.4, -0.2) is 45.3 Å². The zero-order valence-electron chi connectivity index (χ0n) is 10.6. The van der Waals surface area contributed by atoms with Crippen LogP contribution in [0.5, 0.6) is 0 Å². The molecule has 0 spiro atoms. The molecule has 4 heteroatoms. The maximum absolute atomic E-state index is 5.95. The van der Waals surface area contributed by atoms with Crippen molar-refractivity contribution >= 4 is 11.8 Å². The van der Waals surface area contributed by atoms with E-state index in [0.29, 0.717) is 0 Å². The number of thioether (sulfide) groups is 1. The van der Waals surface area contributed by atoms with Gasteiger partial charge in [-0.25, -0.2) is 0 Å². The van der Waals surface area contributed by atoms with Gasteiger partial charge in [-0.05, 0) is 24.0 Å². The molecule has 0 amide bonds. The quantitative estimate of drug-likeness (QED) is 0.842. The van der Waals surface area contributed by atoms with Crippen molar-refractivity contribution in [2.45, 2.75) is 16.4 Å². The number of hydrogen-bond acceptors (Lipinski definition) is 4. The Bertz CT molecular complexity index is 397. The summed E-state index contributed by atoms with van der Waals surface area (Å²) in [4.78, 5) is 1.30. The highest BCUT2D eigenvalue weighted by Crippen LogP contribution is 2.38. The molecule has 1 unspecified atom stereocenters. The molecule has 2 saturated heterocycles. The van der Waals surface area contributed by atoms with E-state index < -0.39 is 0 Å².